The number of piperidine rings is 1. The molecule has 0 amide bonds. The van der Waals surface area contributed by atoms with Crippen LogP contribution in [-0.4, -0.2) is 35.6 Å². The van der Waals surface area contributed by atoms with E-state index >= 15 is 0 Å². The van der Waals surface area contributed by atoms with Gasteiger partial charge in [0.25, 0.3) is 0 Å². The second-order valence-corrected chi connectivity index (χ2v) is 8.17. The molecule has 1 saturated heterocycles. The van der Waals surface area contributed by atoms with E-state index < -0.39 is 10.0 Å². The van der Waals surface area contributed by atoms with Crippen molar-refractivity contribution in [3.8, 4) is 0 Å². The fraction of sp³-hybridized carbons (Fsp3) is 0.643. The van der Waals surface area contributed by atoms with Gasteiger partial charge in [-0.2, -0.15) is 9.40 Å². The Balaban J connectivity index is 2.36. The van der Waals surface area contributed by atoms with Gasteiger partial charge in [0.05, 0.1) is 17.9 Å². The maximum atomic E-state index is 12.9. The maximum Gasteiger partial charge on any atom is 0.246 e. The zero-order valence-corrected chi connectivity index (χ0v) is 14.3. The van der Waals surface area contributed by atoms with E-state index in [-0.39, 0.29) is 0 Å². The van der Waals surface area contributed by atoms with Crippen molar-refractivity contribution in [1.82, 2.24) is 14.1 Å². The Kier molecular flexibility index (Phi) is 4.80. The number of rotatable bonds is 4. The summed E-state index contributed by atoms with van der Waals surface area (Å²) in [4.78, 5) is 0.315. The molecule has 0 atom stereocenters. The third kappa shape index (κ3) is 3.33. The van der Waals surface area contributed by atoms with E-state index in [9.17, 15) is 8.42 Å². The summed E-state index contributed by atoms with van der Waals surface area (Å²) in [5.41, 5.74) is 1.14. The zero-order valence-electron chi connectivity index (χ0n) is 12.8. The minimum absolute atomic E-state index is 0.315. The predicted molar refractivity (Wildman–Crippen MR) is 83.9 cm³/mol. The number of hydrogen-bond acceptors (Lipinski definition) is 3. The van der Waals surface area contributed by atoms with Crippen LogP contribution in [0.4, 0.5) is 0 Å². The van der Waals surface area contributed by atoms with Gasteiger partial charge in [-0.1, -0.05) is 25.1 Å². The second kappa shape index (κ2) is 6.10. The van der Waals surface area contributed by atoms with Gasteiger partial charge >= 0.3 is 0 Å². The van der Waals surface area contributed by atoms with Gasteiger partial charge in [-0.3, -0.25) is 4.68 Å². The average molecular weight is 332 g/mol. The van der Waals surface area contributed by atoms with Crippen molar-refractivity contribution in [3.63, 3.8) is 0 Å². The van der Waals surface area contributed by atoms with Crippen molar-refractivity contribution in [2.75, 3.05) is 13.1 Å². The van der Waals surface area contributed by atoms with Crippen molar-refractivity contribution in [3.05, 3.63) is 23.0 Å². The van der Waals surface area contributed by atoms with Crippen LogP contribution in [-0.2, 0) is 16.6 Å². The number of sulfonamides is 1. The van der Waals surface area contributed by atoms with Gasteiger partial charge in [-0.15, -0.1) is 0 Å². The molecule has 0 saturated carbocycles. The Morgan fingerprint density at radius 2 is 1.95 bits per heavy atom. The third-order valence-electron chi connectivity index (χ3n) is 3.98. The largest absolute Gasteiger partial charge is 0.263 e. The van der Waals surface area contributed by atoms with Crippen LogP contribution in [0.25, 0.3) is 0 Å². The molecule has 0 unspecified atom stereocenters. The topological polar surface area (TPSA) is 55.2 Å². The molecule has 2 heterocycles. The number of halogens is 1. The molecule has 1 aliphatic heterocycles. The minimum atomic E-state index is -3.48. The number of aromatic nitrogens is 2. The van der Waals surface area contributed by atoms with Crippen LogP contribution >= 0.6 is 11.6 Å². The molecule has 1 aromatic rings. The van der Waals surface area contributed by atoms with E-state index in [2.05, 4.69) is 18.6 Å². The molecule has 0 bridgehead atoms. The van der Waals surface area contributed by atoms with Crippen molar-refractivity contribution in [1.29, 1.82) is 0 Å². The lowest BCUT2D eigenvalue weighted by Gasteiger charge is -2.29. The Bertz CT molecular complexity index is 643. The van der Waals surface area contributed by atoms with Gasteiger partial charge in [-0.05, 0) is 32.6 Å². The molecule has 0 N–H and O–H groups in total. The zero-order chi connectivity index (χ0) is 15.8. The fourth-order valence-electron chi connectivity index (χ4n) is 2.72. The van der Waals surface area contributed by atoms with Gasteiger partial charge in [0, 0.05) is 18.1 Å². The van der Waals surface area contributed by atoms with Crippen LogP contribution < -0.4 is 0 Å². The molecule has 21 heavy (non-hydrogen) atoms. The van der Waals surface area contributed by atoms with Crippen molar-refractivity contribution < 1.29 is 8.42 Å². The number of aryl methyl sites for hydroxylation is 1. The monoisotopic (exact) mass is 331 g/mol. The highest BCUT2D eigenvalue weighted by molar-refractivity contribution is 7.89. The molecular formula is C14H22ClN3O2S. The van der Waals surface area contributed by atoms with Gasteiger partial charge in [0.2, 0.25) is 10.0 Å². The summed E-state index contributed by atoms with van der Waals surface area (Å²) < 4.78 is 28.9. The molecular weight excluding hydrogens is 310 g/mol. The van der Waals surface area contributed by atoms with Crippen molar-refractivity contribution >= 4 is 21.6 Å². The molecule has 5 nitrogen and oxygen atoms in total. The second-order valence-electron chi connectivity index (χ2n) is 5.76. The summed E-state index contributed by atoms with van der Waals surface area (Å²) in [6, 6.07) is 0. The Hall–Kier alpha value is -0.850. The van der Waals surface area contributed by atoms with Crippen LogP contribution in [0.1, 0.15) is 31.2 Å². The third-order valence-corrected chi connectivity index (χ3v) is 6.25. The summed E-state index contributed by atoms with van der Waals surface area (Å²) in [5, 5.41) is 4.72. The predicted octanol–water partition coefficient (Wildman–Crippen LogP) is 2.67. The lowest BCUT2D eigenvalue weighted by Crippen LogP contribution is -2.38. The van der Waals surface area contributed by atoms with Crippen LogP contribution in [0.2, 0.25) is 0 Å². The Labute approximate surface area is 131 Å². The van der Waals surface area contributed by atoms with E-state index in [1.807, 2.05) is 0 Å². The molecule has 0 aliphatic carbocycles. The summed E-state index contributed by atoms with van der Waals surface area (Å²) in [5.74, 6) is 0.584. The number of allylic oxidation sites excluding steroid dienone is 1. The maximum absolute atomic E-state index is 12.9. The Morgan fingerprint density at radius 3 is 2.48 bits per heavy atom. The molecule has 2 rings (SSSR count). The number of hydrogen-bond donors (Lipinski definition) is 0. The molecule has 1 aliphatic rings. The summed E-state index contributed by atoms with van der Waals surface area (Å²) in [6.07, 6.45) is 1.81. The van der Waals surface area contributed by atoms with Crippen LogP contribution in [0, 0.1) is 19.8 Å². The first-order valence-corrected chi connectivity index (χ1v) is 8.92. The first-order valence-electron chi connectivity index (χ1n) is 7.11. The van der Waals surface area contributed by atoms with Crippen molar-refractivity contribution in [2.24, 2.45) is 5.92 Å². The lowest BCUT2D eigenvalue weighted by molar-refractivity contribution is 0.288. The fourth-order valence-corrected chi connectivity index (χ4v) is 4.68. The molecule has 118 valence electrons. The molecule has 0 radical (unpaired) electrons. The van der Waals surface area contributed by atoms with Crippen LogP contribution in [0.3, 0.4) is 0 Å². The van der Waals surface area contributed by atoms with E-state index in [1.165, 1.54) is 0 Å². The van der Waals surface area contributed by atoms with E-state index in [4.69, 9.17) is 11.6 Å². The molecule has 1 aromatic heterocycles. The van der Waals surface area contributed by atoms with E-state index in [0.717, 1.165) is 12.8 Å². The number of nitrogens with zero attached hydrogens (tertiary/aromatic N) is 3. The van der Waals surface area contributed by atoms with Gasteiger partial charge < -0.3 is 0 Å². The highest BCUT2D eigenvalue weighted by Gasteiger charge is 2.32. The summed E-state index contributed by atoms with van der Waals surface area (Å²) >= 11 is 5.81. The molecule has 1 fully saturated rings. The lowest BCUT2D eigenvalue weighted by atomic mass is 10.0. The van der Waals surface area contributed by atoms with Crippen LogP contribution in [0.5, 0.6) is 0 Å². The molecule has 0 aromatic carbocycles. The Morgan fingerprint density at radius 1 is 1.38 bits per heavy atom. The van der Waals surface area contributed by atoms with Crippen molar-refractivity contribution in [2.45, 2.75) is 45.1 Å². The minimum Gasteiger partial charge on any atom is -0.263 e. The van der Waals surface area contributed by atoms with Gasteiger partial charge in [0.15, 0.2) is 0 Å². The highest BCUT2D eigenvalue weighted by atomic mass is 35.5. The summed E-state index contributed by atoms with van der Waals surface area (Å²) in [7, 11) is -3.48. The smallest absolute Gasteiger partial charge is 0.246 e. The molecule has 0 spiro atoms. The standard InChI is InChI=1S/C14H22ClN3O2S/c1-10-5-7-17(8-6-10)21(19,20)14-12(3)16-18(13(14)4)9-11(2)15/h10H,2,5-9H2,1,3-4H3. The quantitative estimate of drug-likeness (QED) is 0.852. The SMILES string of the molecule is C=C(Cl)Cn1nc(C)c(S(=O)(=O)N2CCC(C)CC2)c1C. The van der Waals surface area contributed by atoms with E-state index in [0.29, 0.717) is 46.9 Å². The summed E-state index contributed by atoms with van der Waals surface area (Å²) in [6.45, 7) is 10.8. The first-order chi connectivity index (χ1) is 9.73. The first kappa shape index (κ1) is 16.5. The normalized spacial score (nSPS) is 18.1. The van der Waals surface area contributed by atoms with Gasteiger partial charge in [-0.25, -0.2) is 8.42 Å². The van der Waals surface area contributed by atoms with Gasteiger partial charge in [0.1, 0.15) is 4.90 Å². The van der Waals surface area contributed by atoms with Crippen LogP contribution in [0.15, 0.2) is 16.5 Å². The highest BCUT2D eigenvalue weighted by Crippen LogP contribution is 2.27. The van der Waals surface area contributed by atoms with E-state index in [1.54, 1.807) is 22.8 Å². The average Bonchev–Trinajstić information content (AvgIpc) is 2.64. The molecule has 7 heteroatoms.